The van der Waals surface area contributed by atoms with Gasteiger partial charge in [0.2, 0.25) is 0 Å². The van der Waals surface area contributed by atoms with Crippen LogP contribution in [0, 0.1) is 35.5 Å². The average molecular weight is 620 g/mol. The van der Waals surface area contributed by atoms with E-state index in [1.807, 2.05) is 11.3 Å². The summed E-state index contributed by atoms with van der Waals surface area (Å²) >= 11 is 1.93. The number of benzene rings is 4. The lowest BCUT2D eigenvalue weighted by molar-refractivity contribution is -0.00529. The second kappa shape index (κ2) is 9.72. The van der Waals surface area contributed by atoms with Crippen LogP contribution in [0.25, 0.3) is 20.2 Å². The van der Waals surface area contributed by atoms with E-state index in [1.165, 1.54) is 114 Å². The zero-order valence-corrected chi connectivity index (χ0v) is 27.8. The Labute approximate surface area is 278 Å². The fourth-order valence-electron chi connectivity index (χ4n) is 13.2. The van der Waals surface area contributed by atoms with Crippen molar-refractivity contribution in [2.75, 3.05) is 4.90 Å². The van der Waals surface area contributed by atoms with Crippen molar-refractivity contribution in [3.63, 3.8) is 0 Å². The van der Waals surface area contributed by atoms with E-state index in [-0.39, 0.29) is 0 Å². The molecular weight excluding hydrogens is 575 g/mol. The van der Waals surface area contributed by atoms with Crippen molar-refractivity contribution in [2.45, 2.75) is 87.9 Å². The van der Waals surface area contributed by atoms with Crippen LogP contribution in [0.3, 0.4) is 0 Å². The first-order chi connectivity index (χ1) is 22.6. The van der Waals surface area contributed by atoms with Gasteiger partial charge in [0.15, 0.2) is 0 Å². The molecule has 1 heterocycles. The normalized spacial score (nSPS) is 35.4. The van der Waals surface area contributed by atoms with Crippen LogP contribution >= 0.6 is 11.3 Å². The van der Waals surface area contributed by atoms with E-state index in [0.29, 0.717) is 10.8 Å². The van der Waals surface area contributed by atoms with Gasteiger partial charge in [-0.05, 0) is 177 Å². The topological polar surface area (TPSA) is 3.24 Å². The maximum absolute atomic E-state index is 2.58. The molecule has 8 bridgehead atoms. The average Bonchev–Trinajstić information content (AvgIpc) is 3.44. The molecule has 0 amide bonds. The van der Waals surface area contributed by atoms with Crippen molar-refractivity contribution in [1.82, 2.24) is 0 Å². The van der Waals surface area contributed by atoms with E-state index in [4.69, 9.17) is 0 Å². The van der Waals surface area contributed by atoms with Crippen molar-refractivity contribution in [1.29, 1.82) is 0 Å². The lowest BCUT2D eigenvalue weighted by Crippen LogP contribution is -2.48. The van der Waals surface area contributed by atoms with E-state index in [9.17, 15) is 0 Å². The SMILES string of the molecule is c1ccc2c(c1)sc1cccc(N(c3ccc(C45CC6CC(CC(C6)C4)C5)cc3)c3ccc(C45CC6CC(CC(C6)C4)C5)cc3)c12. The molecule has 5 aromatic rings. The molecule has 0 unspecified atom stereocenters. The van der Waals surface area contributed by atoms with Gasteiger partial charge in [0.05, 0.1) is 5.69 Å². The van der Waals surface area contributed by atoms with Crippen molar-refractivity contribution >= 4 is 48.6 Å². The molecule has 2 heteroatoms. The molecule has 8 aliphatic rings. The number of rotatable bonds is 5. The molecule has 0 atom stereocenters. The fraction of sp³-hybridized carbons (Fsp3) is 0.455. The Kier molecular flexibility index (Phi) is 5.69. The summed E-state index contributed by atoms with van der Waals surface area (Å²) in [6.07, 6.45) is 17.6. The molecule has 1 aromatic heterocycles. The van der Waals surface area contributed by atoms with Gasteiger partial charge < -0.3 is 4.90 Å². The Morgan fingerprint density at radius 1 is 0.457 bits per heavy atom. The smallest absolute Gasteiger partial charge is 0.0554 e. The molecule has 1 nitrogen and oxygen atoms in total. The Morgan fingerprint density at radius 3 is 1.37 bits per heavy atom. The van der Waals surface area contributed by atoms with Crippen LogP contribution in [0.4, 0.5) is 17.1 Å². The summed E-state index contributed by atoms with van der Waals surface area (Å²) in [5, 5.41) is 2.76. The predicted molar refractivity (Wildman–Crippen MR) is 194 cm³/mol. The Hall–Kier alpha value is -3.10. The minimum atomic E-state index is 0.432. The van der Waals surface area contributed by atoms with Crippen LogP contribution in [-0.4, -0.2) is 0 Å². The highest BCUT2D eigenvalue weighted by molar-refractivity contribution is 7.26. The molecular formula is C44H45NS. The fourth-order valence-corrected chi connectivity index (χ4v) is 14.4. The molecule has 8 fully saturated rings. The first kappa shape index (κ1) is 26.9. The van der Waals surface area contributed by atoms with Crippen LogP contribution in [0.2, 0.25) is 0 Å². The van der Waals surface area contributed by atoms with Gasteiger partial charge in [-0.3, -0.25) is 0 Å². The number of hydrogen-bond acceptors (Lipinski definition) is 2. The summed E-state index contributed by atoms with van der Waals surface area (Å²) in [5.74, 6) is 5.83. The highest BCUT2D eigenvalue weighted by atomic mass is 32.1. The summed E-state index contributed by atoms with van der Waals surface area (Å²) in [6, 6.07) is 35.9. The molecule has 0 aliphatic heterocycles. The zero-order chi connectivity index (χ0) is 30.0. The lowest BCUT2D eigenvalue weighted by atomic mass is 9.48. The second-order valence-electron chi connectivity index (χ2n) is 17.1. The molecule has 0 saturated heterocycles. The molecule has 0 N–H and O–H groups in total. The van der Waals surface area contributed by atoms with Crippen LogP contribution < -0.4 is 4.90 Å². The minimum Gasteiger partial charge on any atom is -0.310 e. The van der Waals surface area contributed by atoms with Gasteiger partial charge in [0.25, 0.3) is 0 Å². The van der Waals surface area contributed by atoms with Crippen LogP contribution in [0.15, 0.2) is 91.0 Å². The molecule has 46 heavy (non-hydrogen) atoms. The number of thiophene rings is 1. The summed E-state index contributed by atoms with van der Waals surface area (Å²) in [5.41, 5.74) is 7.98. The Balaban J connectivity index is 1.02. The summed E-state index contributed by atoms with van der Waals surface area (Å²) in [6.45, 7) is 0. The third-order valence-electron chi connectivity index (χ3n) is 14.2. The maximum Gasteiger partial charge on any atom is 0.0554 e. The van der Waals surface area contributed by atoms with Crippen LogP contribution in [0.5, 0.6) is 0 Å². The third kappa shape index (κ3) is 3.98. The largest absolute Gasteiger partial charge is 0.310 e. The molecule has 13 rings (SSSR count). The maximum atomic E-state index is 2.58. The number of fused-ring (bicyclic) bond motifs is 3. The van der Waals surface area contributed by atoms with Crippen molar-refractivity contribution in [3.05, 3.63) is 102 Å². The number of anilines is 3. The van der Waals surface area contributed by atoms with Gasteiger partial charge in [-0.2, -0.15) is 0 Å². The van der Waals surface area contributed by atoms with Gasteiger partial charge in [0, 0.05) is 31.5 Å². The van der Waals surface area contributed by atoms with Gasteiger partial charge in [-0.1, -0.05) is 48.5 Å². The highest BCUT2D eigenvalue weighted by Crippen LogP contribution is 2.62. The second-order valence-corrected chi connectivity index (χ2v) is 18.2. The van der Waals surface area contributed by atoms with E-state index in [1.54, 1.807) is 11.1 Å². The van der Waals surface area contributed by atoms with E-state index >= 15 is 0 Å². The lowest BCUT2D eigenvalue weighted by Gasteiger charge is -2.57. The third-order valence-corrected chi connectivity index (χ3v) is 15.3. The van der Waals surface area contributed by atoms with Crippen LogP contribution in [-0.2, 0) is 10.8 Å². The van der Waals surface area contributed by atoms with E-state index in [0.717, 1.165) is 35.5 Å². The van der Waals surface area contributed by atoms with Crippen LogP contribution in [0.1, 0.15) is 88.2 Å². The quantitative estimate of drug-likeness (QED) is 0.189. The monoisotopic (exact) mass is 619 g/mol. The Morgan fingerprint density at radius 2 is 0.891 bits per heavy atom. The number of nitrogens with zero attached hydrogens (tertiary/aromatic N) is 1. The highest BCUT2D eigenvalue weighted by Gasteiger charge is 2.52. The summed E-state index contributed by atoms with van der Waals surface area (Å²) in [4.78, 5) is 2.58. The van der Waals surface area contributed by atoms with Gasteiger partial charge in [-0.25, -0.2) is 0 Å². The molecule has 8 saturated carbocycles. The molecule has 232 valence electrons. The van der Waals surface area contributed by atoms with Gasteiger partial charge >= 0.3 is 0 Å². The van der Waals surface area contributed by atoms with E-state index < -0.39 is 0 Å². The zero-order valence-electron chi connectivity index (χ0n) is 27.0. The summed E-state index contributed by atoms with van der Waals surface area (Å²) in [7, 11) is 0. The van der Waals surface area contributed by atoms with Gasteiger partial charge in [0.1, 0.15) is 0 Å². The minimum absolute atomic E-state index is 0.432. The molecule has 4 aromatic carbocycles. The Bertz CT molecular complexity index is 1800. The molecule has 0 spiro atoms. The number of hydrogen-bond donors (Lipinski definition) is 0. The van der Waals surface area contributed by atoms with Crippen molar-refractivity contribution < 1.29 is 0 Å². The van der Waals surface area contributed by atoms with Gasteiger partial charge in [-0.15, -0.1) is 11.3 Å². The molecule has 8 aliphatic carbocycles. The standard InChI is InChI=1S/C44H45NS/c1-2-6-40-38(4-1)42-39(5-3-7-41(42)46-40)45(36-12-8-34(9-13-36)43-22-28-16-29(23-43)18-30(17-28)24-43)37-14-10-35(11-15-37)44-25-31-19-32(26-44)21-33(20-31)27-44/h1-15,28-33H,16-27H2. The van der Waals surface area contributed by atoms with Crippen molar-refractivity contribution in [3.8, 4) is 0 Å². The molecule has 0 radical (unpaired) electrons. The summed E-state index contributed by atoms with van der Waals surface area (Å²) < 4.78 is 2.75. The first-order valence-corrected chi connectivity index (χ1v) is 19.3. The van der Waals surface area contributed by atoms with E-state index in [2.05, 4.69) is 95.9 Å². The predicted octanol–water partition coefficient (Wildman–Crippen LogP) is 12.5. The van der Waals surface area contributed by atoms with Crippen molar-refractivity contribution in [2.24, 2.45) is 35.5 Å². The first-order valence-electron chi connectivity index (χ1n) is 18.5.